The molecule has 0 aliphatic rings. The van der Waals surface area contributed by atoms with Gasteiger partial charge in [0.05, 0.1) is 7.11 Å². The molecule has 1 amide bonds. The van der Waals surface area contributed by atoms with Crippen molar-refractivity contribution in [3.63, 3.8) is 0 Å². The zero-order valence-corrected chi connectivity index (χ0v) is 13.4. The summed E-state index contributed by atoms with van der Waals surface area (Å²) in [6.07, 6.45) is 0. The van der Waals surface area contributed by atoms with E-state index in [1.807, 2.05) is 36.9 Å². The van der Waals surface area contributed by atoms with Crippen molar-refractivity contribution in [2.24, 2.45) is 5.92 Å². The van der Waals surface area contributed by atoms with Crippen LogP contribution in [0, 0.1) is 12.8 Å². The molecule has 0 radical (unpaired) electrons. The quantitative estimate of drug-likeness (QED) is 0.839. The van der Waals surface area contributed by atoms with Crippen LogP contribution in [-0.2, 0) is 0 Å². The molecule has 114 valence electrons. The third kappa shape index (κ3) is 3.04. The number of hydrogen-bond donors (Lipinski definition) is 0. The SMILES string of the molecule is CCN(CC(C)C)C(=O)c1oc2cc(OC)ccc2c1C. The van der Waals surface area contributed by atoms with E-state index >= 15 is 0 Å². The minimum atomic E-state index is -0.0427. The van der Waals surface area contributed by atoms with E-state index in [1.54, 1.807) is 7.11 Å². The molecule has 0 fully saturated rings. The average Bonchev–Trinajstić information content (AvgIpc) is 2.80. The van der Waals surface area contributed by atoms with Gasteiger partial charge >= 0.3 is 0 Å². The molecule has 2 rings (SSSR count). The smallest absolute Gasteiger partial charge is 0.289 e. The first-order valence-corrected chi connectivity index (χ1v) is 7.34. The molecular weight excluding hydrogens is 266 g/mol. The Labute approximate surface area is 125 Å². The molecule has 21 heavy (non-hydrogen) atoms. The molecule has 0 aliphatic heterocycles. The lowest BCUT2D eigenvalue weighted by Gasteiger charge is -2.22. The Kier molecular flexibility index (Phi) is 4.56. The van der Waals surface area contributed by atoms with Crippen molar-refractivity contribution in [1.29, 1.82) is 0 Å². The van der Waals surface area contributed by atoms with E-state index < -0.39 is 0 Å². The number of carbonyl (C=O) groups is 1. The van der Waals surface area contributed by atoms with E-state index in [9.17, 15) is 4.79 Å². The van der Waals surface area contributed by atoms with E-state index in [0.717, 1.165) is 23.2 Å². The van der Waals surface area contributed by atoms with Crippen LogP contribution in [0.25, 0.3) is 11.0 Å². The molecule has 0 bridgehead atoms. The Bertz CT molecular complexity index is 643. The first kappa shape index (κ1) is 15.4. The minimum Gasteiger partial charge on any atom is -0.497 e. The van der Waals surface area contributed by atoms with Crippen LogP contribution in [0.15, 0.2) is 22.6 Å². The van der Waals surface area contributed by atoms with Crippen LogP contribution in [0.3, 0.4) is 0 Å². The van der Waals surface area contributed by atoms with Gasteiger partial charge < -0.3 is 14.1 Å². The van der Waals surface area contributed by atoms with Crippen LogP contribution in [0.4, 0.5) is 0 Å². The summed E-state index contributed by atoms with van der Waals surface area (Å²) in [5, 5.41) is 0.958. The maximum absolute atomic E-state index is 12.7. The predicted molar refractivity (Wildman–Crippen MR) is 83.9 cm³/mol. The summed E-state index contributed by atoms with van der Waals surface area (Å²) in [6.45, 7) is 9.53. The zero-order chi connectivity index (χ0) is 15.6. The zero-order valence-electron chi connectivity index (χ0n) is 13.4. The monoisotopic (exact) mass is 289 g/mol. The molecule has 1 heterocycles. The number of rotatable bonds is 5. The van der Waals surface area contributed by atoms with Gasteiger partial charge in [0.25, 0.3) is 5.91 Å². The lowest BCUT2D eigenvalue weighted by molar-refractivity contribution is 0.0715. The maximum Gasteiger partial charge on any atom is 0.289 e. The number of hydrogen-bond acceptors (Lipinski definition) is 3. The molecule has 4 nitrogen and oxygen atoms in total. The van der Waals surface area contributed by atoms with Gasteiger partial charge in [-0.25, -0.2) is 0 Å². The summed E-state index contributed by atoms with van der Waals surface area (Å²) in [5.41, 5.74) is 1.58. The Morgan fingerprint density at radius 2 is 2.10 bits per heavy atom. The third-order valence-electron chi connectivity index (χ3n) is 3.59. The van der Waals surface area contributed by atoms with Gasteiger partial charge in [-0.2, -0.15) is 0 Å². The van der Waals surface area contributed by atoms with Crippen LogP contribution < -0.4 is 4.74 Å². The van der Waals surface area contributed by atoms with Crippen molar-refractivity contribution in [2.75, 3.05) is 20.2 Å². The molecule has 0 N–H and O–H groups in total. The van der Waals surface area contributed by atoms with E-state index in [0.29, 0.717) is 23.8 Å². The number of furan rings is 1. The number of ether oxygens (including phenoxy) is 1. The van der Waals surface area contributed by atoms with Crippen LogP contribution in [0.2, 0.25) is 0 Å². The average molecular weight is 289 g/mol. The lowest BCUT2D eigenvalue weighted by atomic mass is 10.1. The van der Waals surface area contributed by atoms with Crippen molar-refractivity contribution >= 4 is 16.9 Å². The van der Waals surface area contributed by atoms with Crippen molar-refractivity contribution in [1.82, 2.24) is 4.90 Å². The molecule has 0 saturated carbocycles. The number of methoxy groups -OCH3 is 1. The van der Waals surface area contributed by atoms with Gasteiger partial charge in [0.2, 0.25) is 0 Å². The fourth-order valence-electron chi connectivity index (χ4n) is 2.48. The van der Waals surface area contributed by atoms with Crippen LogP contribution in [0.5, 0.6) is 5.75 Å². The highest BCUT2D eigenvalue weighted by molar-refractivity contribution is 5.99. The highest BCUT2D eigenvalue weighted by Crippen LogP contribution is 2.29. The standard InChI is InChI=1S/C17H23NO3/c1-6-18(10-11(2)3)17(19)16-12(4)14-8-7-13(20-5)9-15(14)21-16/h7-9,11H,6,10H2,1-5H3. The number of nitrogens with zero attached hydrogens (tertiary/aromatic N) is 1. The maximum atomic E-state index is 12.7. The predicted octanol–water partition coefficient (Wildman–Crippen LogP) is 3.87. The highest BCUT2D eigenvalue weighted by atomic mass is 16.5. The summed E-state index contributed by atoms with van der Waals surface area (Å²) in [7, 11) is 1.62. The lowest BCUT2D eigenvalue weighted by Crippen LogP contribution is -2.34. The van der Waals surface area contributed by atoms with E-state index in [2.05, 4.69) is 13.8 Å². The van der Waals surface area contributed by atoms with E-state index in [1.165, 1.54) is 0 Å². The number of fused-ring (bicyclic) bond motifs is 1. The second kappa shape index (κ2) is 6.20. The second-order valence-electron chi connectivity index (χ2n) is 5.66. The molecule has 0 spiro atoms. The van der Waals surface area contributed by atoms with E-state index in [-0.39, 0.29) is 5.91 Å². The molecule has 1 aromatic carbocycles. The second-order valence-corrected chi connectivity index (χ2v) is 5.66. The van der Waals surface area contributed by atoms with Crippen molar-refractivity contribution in [3.8, 4) is 5.75 Å². The van der Waals surface area contributed by atoms with Gasteiger partial charge in [0.1, 0.15) is 11.3 Å². The Morgan fingerprint density at radius 1 is 1.38 bits per heavy atom. The van der Waals surface area contributed by atoms with Gasteiger partial charge in [-0.1, -0.05) is 13.8 Å². The fraction of sp³-hybridized carbons (Fsp3) is 0.471. The Morgan fingerprint density at radius 3 is 2.67 bits per heavy atom. The van der Waals surface area contributed by atoms with Crippen molar-refractivity contribution in [3.05, 3.63) is 29.5 Å². The summed E-state index contributed by atoms with van der Waals surface area (Å²) in [5.74, 6) is 1.54. The molecular formula is C17H23NO3. The van der Waals surface area contributed by atoms with Gasteiger partial charge in [0, 0.05) is 30.1 Å². The van der Waals surface area contributed by atoms with Crippen LogP contribution in [0.1, 0.15) is 36.9 Å². The number of aryl methyl sites for hydroxylation is 1. The first-order valence-electron chi connectivity index (χ1n) is 7.34. The van der Waals surface area contributed by atoms with Gasteiger partial charge in [-0.15, -0.1) is 0 Å². The number of amides is 1. The van der Waals surface area contributed by atoms with Crippen LogP contribution in [-0.4, -0.2) is 31.0 Å². The van der Waals surface area contributed by atoms with Gasteiger partial charge in [0.15, 0.2) is 5.76 Å². The molecule has 0 unspecified atom stereocenters. The molecule has 2 aromatic rings. The summed E-state index contributed by atoms with van der Waals surface area (Å²) in [6, 6.07) is 5.63. The molecule has 0 atom stereocenters. The molecule has 0 aliphatic carbocycles. The minimum absolute atomic E-state index is 0.0427. The first-order chi connectivity index (χ1) is 9.97. The topological polar surface area (TPSA) is 42.7 Å². The largest absolute Gasteiger partial charge is 0.497 e. The summed E-state index contributed by atoms with van der Waals surface area (Å²) < 4.78 is 11.0. The molecule has 1 aromatic heterocycles. The molecule has 4 heteroatoms. The van der Waals surface area contributed by atoms with Crippen LogP contribution >= 0.6 is 0 Å². The summed E-state index contributed by atoms with van der Waals surface area (Å²) >= 11 is 0. The normalized spacial score (nSPS) is 11.1. The molecule has 0 saturated heterocycles. The van der Waals surface area contributed by atoms with Gasteiger partial charge in [-0.05, 0) is 31.9 Å². The van der Waals surface area contributed by atoms with Gasteiger partial charge in [-0.3, -0.25) is 4.79 Å². The van der Waals surface area contributed by atoms with Crippen molar-refractivity contribution in [2.45, 2.75) is 27.7 Å². The van der Waals surface area contributed by atoms with E-state index in [4.69, 9.17) is 9.15 Å². The van der Waals surface area contributed by atoms with Crippen molar-refractivity contribution < 1.29 is 13.9 Å². The number of carbonyl (C=O) groups excluding carboxylic acids is 1. The fourth-order valence-corrected chi connectivity index (χ4v) is 2.48. The Balaban J connectivity index is 2.41. The summed E-state index contributed by atoms with van der Waals surface area (Å²) in [4.78, 5) is 14.5. The highest BCUT2D eigenvalue weighted by Gasteiger charge is 2.23. The Hall–Kier alpha value is -1.97. The third-order valence-corrected chi connectivity index (χ3v) is 3.59. The number of benzene rings is 1.